The molecule has 0 bridgehead atoms. The molecule has 0 N–H and O–H groups in total. The zero-order valence-electron chi connectivity index (χ0n) is 17.7. The normalized spacial score (nSPS) is 17.6. The number of hydrogen-bond acceptors (Lipinski definition) is 3. The van der Waals surface area contributed by atoms with Crippen molar-refractivity contribution in [1.29, 1.82) is 0 Å². The van der Waals surface area contributed by atoms with Crippen LogP contribution in [0.3, 0.4) is 0 Å². The molecule has 1 aromatic carbocycles. The van der Waals surface area contributed by atoms with Crippen molar-refractivity contribution in [1.82, 2.24) is 14.4 Å². The highest BCUT2D eigenvalue weighted by atomic mass is 16.5. The van der Waals surface area contributed by atoms with Gasteiger partial charge in [0.25, 0.3) is 5.91 Å². The van der Waals surface area contributed by atoms with Crippen LogP contribution in [-0.4, -0.2) is 66.1 Å². The Bertz CT molecular complexity index is 929. The van der Waals surface area contributed by atoms with E-state index in [-0.39, 0.29) is 17.7 Å². The predicted molar refractivity (Wildman–Crippen MR) is 113 cm³/mol. The van der Waals surface area contributed by atoms with Crippen LogP contribution in [0.15, 0.2) is 18.2 Å². The molecular formula is C23H31N3O3. The van der Waals surface area contributed by atoms with Gasteiger partial charge in [0.2, 0.25) is 5.91 Å². The maximum atomic E-state index is 13.2. The number of rotatable bonds is 5. The molecule has 0 radical (unpaired) electrons. The highest BCUT2D eigenvalue weighted by Crippen LogP contribution is 2.31. The van der Waals surface area contributed by atoms with Crippen LogP contribution in [0, 0.1) is 19.8 Å². The molecule has 6 heteroatoms. The Morgan fingerprint density at radius 1 is 1.07 bits per heavy atom. The first-order valence-corrected chi connectivity index (χ1v) is 10.7. The number of benzene rings is 1. The third kappa shape index (κ3) is 3.90. The van der Waals surface area contributed by atoms with Crippen LogP contribution in [0.25, 0.3) is 10.9 Å². The van der Waals surface area contributed by atoms with Crippen molar-refractivity contribution >= 4 is 22.7 Å². The van der Waals surface area contributed by atoms with Crippen LogP contribution in [0.2, 0.25) is 0 Å². The molecule has 2 aromatic rings. The number of methoxy groups -OCH3 is 1. The van der Waals surface area contributed by atoms with E-state index in [4.69, 9.17) is 4.74 Å². The van der Waals surface area contributed by atoms with Crippen molar-refractivity contribution < 1.29 is 14.3 Å². The monoisotopic (exact) mass is 397 g/mol. The quantitative estimate of drug-likeness (QED) is 0.779. The number of aryl methyl sites for hydroxylation is 1. The number of carbonyl (C=O) groups excluding carboxylic acids is 2. The van der Waals surface area contributed by atoms with E-state index < -0.39 is 0 Å². The second-order valence-electron chi connectivity index (χ2n) is 8.33. The third-order valence-electron chi connectivity index (χ3n) is 6.43. The third-order valence-corrected chi connectivity index (χ3v) is 6.43. The Morgan fingerprint density at radius 2 is 1.79 bits per heavy atom. The summed E-state index contributed by atoms with van der Waals surface area (Å²) >= 11 is 0. The zero-order chi connectivity index (χ0) is 20.5. The predicted octanol–water partition coefficient (Wildman–Crippen LogP) is 2.99. The van der Waals surface area contributed by atoms with Crippen LogP contribution in [-0.2, 0) is 16.1 Å². The van der Waals surface area contributed by atoms with Gasteiger partial charge in [-0.2, -0.15) is 0 Å². The lowest BCUT2D eigenvalue weighted by Crippen LogP contribution is -2.37. The molecule has 2 aliphatic rings. The first kappa shape index (κ1) is 20.0. The second kappa shape index (κ2) is 8.19. The first-order valence-electron chi connectivity index (χ1n) is 10.7. The minimum absolute atomic E-state index is 0.0642. The lowest BCUT2D eigenvalue weighted by molar-refractivity contribution is -0.132. The molecule has 1 aliphatic heterocycles. The number of aromatic nitrogens is 1. The number of ether oxygens (including phenoxy) is 1. The Kier molecular flexibility index (Phi) is 5.63. The van der Waals surface area contributed by atoms with Gasteiger partial charge in [-0.25, -0.2) is 0 Å². The molecule has 2 amide bonds. The van der Waals surface area contributed by atoms with Crippen molar-refractivity contribution in [2.45, 2.75) is 39.7 Å². The Balaban J connectivity index is 1.52. The van der Waals surface area contributed by atoms with E-state index in [2.05, 4.69) is 24.5 Å². The summed E-state index contributed by atoms with van der Waals surface area (Å²) in [4.78, 5) is 29.4. The topological polar surface area (TPSA) is 54.8 Å². The average molecular weight is 398 g/mol. The molecule has 156 valence electrons. The fourth-order valence-electron chi connectivity index (χ4n) is 4.37. The van der Waals surface area contributed by atoms with Crippen LogP contribution >= 0.6 is 0 Å². The standard InChI is InChI=1S/C23H31N3O3/c1-16-17(2)26(13-14-29-3)21-8-7-19(15-20(16)21)23(28)25-10-4-9-24(11-12-25)22(27)18-5-6-18/h7-8,15,18H,4-6,9-14H2,1-3H3. The van der Waals surface area contributed by atoms with E-state index >= 15 is 0 Å². The number of fused-ring (bicyclic) bond motifs is 1. The van der Waals surface area contributed by atoms with Crippen molar-refractivity contribution in [3.63, 3.8) is 0 Å². The summed E-state index contributed by atoms with van der Waals surface area (Å²) < 4.78 is 7.51. The molecule has 1 saturated carbocycles. The summed E-state index contributed by atoms with van der Waals surface area (Å²) in [6.45, 7) is 8.43. The van der Waals surface area contributed by atoms with Gasteiger partial charge in [-0.3, -0.25) is 9.59 Å². The fourth-order valence-corrected chi connectivity index (χ4v) is 4.37. The van der Waals surface area contributed by atoms with E-state index in [0.717, 1.165) is 48.8 Å². The minimum Gasteiger partial charge on any atom is -0.383 e. The minimum atomic E-state index is 0.0642. The van der Waals surface area contributed by atoms with Gasteiger partial charge in [0.1, 0.15) is 0 Å². The molecule has 0 unspecified atom stereocenters. The molecule has 0 spiro atoms. The molecule has 1 aliphatic carbocycles. The van der Waals surface area contributed by atoms with Crippen LogP contribution in [0.5, 0.6) is 0 Å². The van der Waals surface area contributed by atoms with Crippen LogP contribution in [0.4, 0.5) is 0 Å². The fraction of sp³-hybridized carbons (Fsp3) is 0.565. The molecule has 1 aromatic heterocycles. The Morgan fingerprint density at radius 3 is 2.52 bits per heavy atom. The van der Waals surface area contributed by atoms with Crippen LogP contribution < -0.4 is 0 Å². The average Bonchev–Trinajstić information content (AvgIpc) is 3.56. The number of carbonyl (C=O) groups is 2. The summed E-state index contributed by atoms with van der Waals surface area (Å²) in [5, 5.41) is 1.13. The lowest BCUT2D eigenvalue weighted by atomic mass is 10.1. The Hall–Kier alpha value is -2.34. The van der Waals surface area contributed by atoms with Crippen molar-refractivity contribution in [2.75, 3.05) is 39.9 Å². The van der Waals surface area contributed by atoms with Gasteiger partial charge in [0.15, 0.2) is 0 Å². The highest BCUT2D eigenvalue weighted by molar-refractivity contribution is 5.99. The van der Waals surface area contributed by atoms with Gasteiger partial charge in [0.05, 0.1) is 6.61 Å². The second-order valence-corrected chi connectivity index (χ2v) is 8.33. The van der Waals surface area contributed by atoms with E-state index in [1.54, 1.807) is 7.11 Å². The number of nitrogens with zero attached hydrogens (tertiary/aromatic N) is 3. The Labute approximate surface area is 172 Å². The maximum Gasteiger partial charge on any atom is 0.253 e. The molecule has 4 rings (SSSR count). The highest BCUT2D eigenvalue weighted by Gasteiger charge is 2.34. The number of hydrogen-bond donors (Lipinski definition) is 0. The van der Waals surface area contributed by atoms with E-state index in [1.807, 2.05) is 21.9 Å². The molecule has 29 heavy (non-hydrogen) atoms. The van der Waals surface area contributed by atoms with E-state index in [1.165, 1.54) is 11.3 Å². The largest absolute Gasteiger partial charge is 0.383 e. The van der Waals surface area contributed by atoms with Crippen molar-refractivity contribution in [2.24, 2.45) is 5.92 Å². The first-order chi connectivity index (χ1) is 14.0. The van der Waals surface area contributed by atoms with Crippen LogP contribution in [0.1, 0.15) is 40.9 Å². The maximum absolute atomic E-state index is 13.2. The van der Waals surface area contributed by atoms with E-state index in [9.17, 15) is 9.59 Å². The molecule has 6 nitrogen and oxygen atoms in total. The molecule has 2 heterocycles. The zero-order valence-corrected chi connectivity index (χ0v) is 17.7. The van der Waals surface area contributed by atoms with Gasteiger partial charge >= 0.3 is 0 Å². The summed E-state index contributed by atoms with van der Waals surface area (Å²) in [6.07, 6.45) is 2.90. The molecule has 1 saturated heterocycles. The van der Waals surface area contributed by atoms with Crippen molar-refractivity contribution in [3.8, 4) is 0 Å². The van der Waals surface area contributed by atoms with Gasteiger partial charge in [-0.15, -0.1) is 0 Å². The van der Waals surface area contributed by atoms with Gasteiger partial charge < -0.3 is 19.1 Å². The molecule has 0 atom stereocenters. The summed E-state index contributed by atoms with van der Waals surface area (Å²) in [6, 6.07) is 6.02. The summed E-state index contributed by atoms with van der Waals surface area (Å²) in [5.41, 5.74) is 4.30. The van der Waals surface area contributed by atoms with E-state index in [0.29, 0.717) is 26.2 Å². The van der Waals surface area contributed by atoms with Crippen molar-refractivity contribution in [3.05, 3.63) is 35.0 Å². The summed E-state index contributed by atoms with van der Waals surface area (Å²) in [5.74, 6) is 0.589. The summed E-state index contributed by atoms with van der Waals surface area (Å²) in [7, 11) is 1.71. The molecular weight excluding hydrogens is 366 g/mol. The van der Waals surface area contributed by atoms with Gasteiger partial charge in [0, 0.05) is 67.9 Å². The molecule has 2 fully saturated rings. The SMILES string of the molecule is COCCn1c(C)c(C)c2cc(C(=O)N3CCCN(C(=O)C4CC4)CC3)ccc21. The van der Waals surface area contributed by atoms with Gasteiger partial charge in [-0.05, 0) is 56.9 Å². The lowest BCUT2D eigenvalue weighted by Gasteiger charge is -2.22. The van der Waals surface area contributed by atoms with Gasteiger partial charge in [-0.1, -0.05) is 0 Å². The smallest absolute Gasteiger partial charge is 0.253 e. The number of amides is 2.